The lowest BCUT2D eigenvalue weighted by Gasteiger charge is -2.22. The van der Waals surface area contributed by atoms with Crippen LogP contribution in [0.4, 0.5) is 0 Å². The number of phenolic OH excluding ortho intramolecular Hbond substituents is 2. The van der Waals surface area contributed by atoms with Crippen LogP contribution in [0.2, 0.25) is 0 Å². The molecule has 1 aromatic rings. The van der Waals surface area contributed by atoms with E-state index < -0.39 is 0 Å². The van der Waals surface area contributed by atoms with E-state index in [9.17, 15) is 10.2 Å². The Morgan fingerprint density at radius 3 is 2.43 bits per heavy atom. The molecular weight excluding hydrogens is 364 g/mol. The number of allylic oxidation sites excluding steroid dienone is 13. The average Bonchev–Trinajstić information content (AvgIpc) is 3.07. The topological polar surface area (TPSA) is 40.5 Å². The predicted octanol–water partition coefficient (Wildman–Crippen LogP) is 6.33. The van der Waals surface area contributed by atoms with Gasteiger partial charge in [-0.1, -0.05) is 43.4 Å². The third kappa shape index (κ3) is 3.10. The zero-order valence-corrected chi connectivity index (χ0v) is 17.1. The molecule has 142 valence electrons. The summed E-state index contributed by atoms with van der Waals surface area (Å²) < 4.78 is 0. The first-order valence-corrected chi connectivity index (χ1v) is 10.1. The Labute approximate surface area is 171 Å². The van der Waals surface area contributed by atoms with E-state index in [1.54, 1.807) is 0 Å². The molecule has 3 aliphatic carbocycles. The Hall–Kier alpha value is -2.65. The lowest BCUT2D eigenvalue weighted by Crippen LogP contribution is -2.01. The van der Waals surface area contributed by atoms with E-state index in [0.29, 0.717) is 0 Å². The van der Waals surface area contributed by atoms with Crippen molar-refractivity contribution >= 4 is 18.2 Å². The van der Waals surface area contributed by atoms with Crippen LogP contribution in [0.25, 0.3) is 5.57 Å². The van der Waals surface area contributed by atoms with Gasteiger partial charge in [-0.2, -0.15) is 0 Å². The van der Waals surface area contributed by atoms with Crippen molar-refractivity contribution in [2.75, 3.05) is 0 Å². The van der Waals surface area contributed by atoms with Crippen LogP contribution in [-0.2, 0) is 6.42 Å². The number of aromatic hydroxyl groups is 2. The fraction of sp³-hybridized carbons (Fsp3) is 0.200. The highest BCUT2D eigenvalue weighted by molar-refractivity contribution is 7.84. The molecular formula is C25H24O2S. The minimum Gasteiger partial charge on any atom is -0.508 e. The lowest BCUT2D eigenvalue weighted by molar-refractivity contribution is 0.445. The van der Waals surface area contributed by atoms with Crippen molar-refractivity contribution in [2.24, 2.45) is 0 Å². The summed E-state index contributed by atoms with van der Waals surface area (Å²) in [4.78, 5) is 0.953. The van der Waals surface area contributed by atoms with Gasteiger partial charge in [0, 0.05) is 16.5 Å². The first-order valence-electron chi connectivity index (χ1n) is 9.64. The summed E-state index contributed by atoms with van der Waals surface area (Å²) >= 11 is 4.79. The number of rotatable bonds is 2. The van der Waals surface area contributed by atoms with Gasteiger partial charge in [0.15, 0.2) is 0 Å². The van der Waals surface area contributed by atoms with Gasteiger partial charge >= 0.3 is 0 Å². The van der Waals surface area contributed by atoms with Gasteiger partial charge in [0.05, 0.1) is 0 Å². The van der Waals surface area contributed by atoms with Gasteiger partial charge in [0.2, 0.25) is 0 Å². The van der Waals surface area contributed by atoms with Crippen LogP contribution in [0.5, 0.6) is 11.5 Å². The summed E-state index contributed by atoms with van der Waals surface area (Å²) in [6.45, 7) is 4.13. The van der Waals surface area contributed by atoms with E-state index in [2.05, 4.69) is 25.2 Å². The summed E-state index contributed by atoms with van der Waals surface area (Å²) in [6, 6.07) is 3.39. The SMILES string of the molecule is CCc1cc(C2=C(C)C3=C4C(S)=CC=CC=CC=C4CC3=CC2)c(O)cc1O. The van der Waals surface area contributed by atoms with Gasteiger partial charge in [-0.25, -0.2) is 0 Å². The molecule has 3 aliphatic rings. The molecule has 0 aliphatic heterocycles. The Balaban J connectivity index is 1.94. The maximum absolute atomic E-state index is 10.5. The van der Waals surface area contributed by atoms with Crippen molar-refractivity contribution < 1.29 is 10.2 Å². The van der Waals surface area contributed by atoms with E-state index >= 15 is 0 Å². The third-order valence-corrected chi connectivity index (χ3v) is 6.07. The maximum Gasteiger partial charge on any atom is 0.126 e. The molecule has 3 heteroatoms. The minimum atomic E-state index is 0.127. The van der Waals surface area contributed by atoms with E-state index in [4.69, 9.17) is 12.6 Å². The van der Waals surface area contributed by atoms with Crippen LogP contribution in [0.1, 0.15) is 37.8 Å². The summed E-state index contributed by atoms with van der Waals surface area (Å²) in [5.41, 5.74) is 8.93. The highest BCUT2D eigenvalue weighted by Gasteiger charge is 2.30. The molecule has 0 bridgehead atoms. The fourth-order valence-electron chi connectivity index (χ4n) is 4.26. The second-order valence-corrected chi connectivity index (χ2v) is 7.81. The third-order valence-electron chi connectivity index (χ3n) is 5.70. The van der Waals surface area contributed by atoms with E-state index in [1.807, 2.05) is 37.3 Å². The van der Waals surface area contributed by atoms with Crippen molar-refractivity contribution in [3.63, 3.8) is 0 Å². The fourth-order valence-corrected chi connectivity index (χ4v) is 4.60. The van der Waals surface area contributed by atoms with Crippen LogP contribution >= 0.6 is 12.6 Å². The lowest BCUT2D eigenvalue weighted by atomic mass is 9.84. The molecule has 0 spiro atoms. The Morgan fingerprint density at radius 1 is 0.929 bits per heavy atom. The van der Waals surface area contributed by atoms with Crippen molar-refractivity contribution in [1.82, 2.24) is 0 Å². The molecule has 28 heavy (non-hydrogen) atoms. The van der Waals surface area contributed by atoms with Gasteiger partial charge in [-0.3, -0.25) is 0 Å². The van der Waals surface area contributed by atoms with E-state index in [1.165, 1.54) is 33.9 Å². The quantitative estimate of drug-likeness (QED) is 0.518. The number of aryl methyl sites for hydroxylation is 1. The van der Waals surface area contributed by atoms with Crippen LogP contribution < -0.4 is 0 Å². The number of hydrogen-bond donors (Lipinski definition) is 3. The first kappa shape index (κ1) is 18.7. The minimum absolute atomic E-state index is 0.127. The van der Waals surface area contributed by atoms with Gasteiger partial charge in [-0.15, -0.1) is 12.6 Å². The number of fused-ring (bicyclic) bond motifs is 2. The summed E-state index contributed by atoms with van der Waals surface area (Å²) in [5.74, 6) is 0.278. The molecule has 0 heterocycles. The first-order chi connectivity index (χ1) is 13.5. The second kappa shape index (κ2) is 7.40. The molecule has 2 nitrogen and oxygen atoms in total. The molecule has 4 rings (SSSR count). The van der Waals surface area contributed by atoms with Crippen molar-refractivity contribution in [3.05, 3.63) is 98.6 Å². The zero-order valence-electron chi connectivity index (χ0n) is 16.2. The maximum atomic E-state index is 10.5. The van der Waals surface area contributed by atoms with Crippen LogP contribution in [0.3, 0.4) is 0 Å². The molecule has 0 fully saturated rings. The molecule has 0 atom stereocenters. The summed E-state index contributed by atoms with van der Waals surface area (Å²) in [7, 11) is 0. The second-order valence-electron chi connectivity index (χ2n) is 7.33. The van der Waals surface area contributed by atoms with Gasteiger partial charge in [0.1, 0.15) is 11.5 Å². The normalized spacial score (nSPS) is 18.8. The van der Waals surface area contributed by atoms with E-state index in [-0.39, 0.29) is 11.5 Å². The summed E-state index contributed by atoms with van der Waals surface area (Å²) in [5, 5.41) is 20.6. The Bertz CT molecular complexity index is 1070. The standard InChI is InChI=1S/C25H24O2S/c1-3-16-13-20(22(27)14-21(16)26)19-11-10-18-12-17-8-6-4-5-7-9-23(28)25(17)24(18)15(19)2/h4-10,13-14,26-28H,3,11-12H2,1-2H3. The smallest absolute Gasteiger partial charge is 0.126 e. The highest BCUT2D eigenvalue weighted by atomic mass is 32.1. The number of benzene rings is 1. The monoisotopic (exact) mass is 388 g/mol. The molecule has 0 radical (unpaired) electrons. The van der Waals surface area contributed by atoms with Crippen LogP contribution in [0.15, 0.2) is 87.4 Å². The van der Waals surface area contributed by atoms with Crippen molar-refractivity contribution in [2.45, 2.75) is 33.1 Å². The predicted molar refractivity (Wildman–Crippen MR) is 120 cm³/mol. The molecule has 0 aromatic heterocycles. The Morgan fingerprint density at radius 2 is 1.68 bits per heavy atom. The summed E-state index contributed by atoms with van der Waals surface area (Å²) in [6.07, 6.45) is 17.0. The van der Waals surface area contributed by atoms with Gasteiger partial charge in [-0.05, 0) is 77.3 Å². The molecule has 0 saturated carbocycles. The molecule has 0 saturated heterocycles. The zero-order chi connectivity index (χ0) is 19.8. The molecule has 0 amide bonds. The Kier molecular flexibility index (Phi) is 4.94. The highest BCUT2D eigenvalue weighted by Crippen LogP contribution is 2.50. The molecule has 1 aromatic carbocycles. The van der Waals surface area contributed by atoms with Crippen LogP contribution in [0, 0.1) is 0 Å². The largest absolute Gasteiger partial charge is 0.508 e. The number of phenols is 2. The average molecular weight is 389 g/mol. The molecule has 2 N–H and O–H groups in total. The number of hydrogen-bond acceptors (Lipinski definition) is 3. The van der Waals surface area contributed by atoms with Gasteiger partial charge in [0.25, 0.3) is 0 Å². The number of thiol groups is 1. The van der Waals surface area contributed by atoms with Gasteiger partial charge < -0.3 is 10.2 Å². The van der Waals surface area contributed by atoms with E-state index in [0.717, 1.165) is 40.9 Å². The van der Waals surface area contributed by atoms with Crippen molar-refractivity contribution in [1.29, 1.82) is 0 Å². The molecule has 0 unspecified atom stereocenters. The van der Waals surface area contributed by atoms with Crippen LogP contribution in [-0.4, -0.2) is 10.2 Å². The van der Waals surface area contributed by atoms with Crippen molar-refractivity contribution in [3.8, 4) is 11.5 Å².